The second-order valence-electron chi connectivity index (χ2n) is 4.79. The van der Waals surface area contributed by atoms with E-state index in [1.807, 2.05) is 24.9 Å². The van der Waals surface area contributed by atoms with Gasteiger partial charge < -0.3 is 15.5 Å². The second-order valence-corrected chi connectivity index (χ2v) is 4.79. The molecule has 0 spiro atoms. The largest absolute Gasteiger partial charge is 0.357 e. The minimum Gasteiger partial charge on any atom is -0.357 e. The standard InChI is InChI=1S/C14H25N5O2/c1-4-6-7-9-18(3)13(15-5-2)16-8-10-19-12(20)11-17-14(19)21/h4H,1,5-11H2,2-3H3,(H,15,16)(H,17,21). The fourth-order valence-corrected chi connectivity index (χ4v) is 1.99. The van der Waals surface area contributed by atoms with Crippen LogP contribution < -0.4 is 10.6 Å². The van der Waals surface area contributed by atoms with Crippen LogP contribution in [0.25, 0.3) is 0 Å². The molecule has 0 aromatic rings. The van der Waals surface area contributed by atoms with Gasteiger partial charge in [0, 0.05) is 20.1 Å². The molecule has 1 aliphatic rings. The lowest BCUT2D eigenvalue weighted by Crippen LogP contribution is -2.40. The number of imide groups is 1. The Morgan fingerprint density at radius 2 is 2.33 bits per heavy atom. The van der Waals surface area contributed by atoms with E-state index < -0.39 is 0 Å². The number of hydrogen-bond donors (Lipinski definition) is 2. The van der Waals surface area contributed by atoms with Crippen LogP contribution in [0, 0.1) is 0 Å². The first-order valence-electron chi connectivity index (χ1n) is 7.28. The molecule has 21 heavy (non-hydrogen) atoms. The Morgan fingerprint density at radius 1 is 1.57 bits per heavy atom. The number of carbonyl (C=O) groups excluding carboxylic acids is 2. The van der Waals surface area contributed by atoms with E-state index in [0.717, 1.165) is 31.9 Å². The van der Waals surface area contributed by atoms with Crippen LogP contribution in [0.4, 0.5) is 4.79 Å². The molecule has 0 unspecified atom stereocenters. The fraction of sp³-hybridized carbons (Fsp3) is 0.643. The molecule has 0 atom stereocenters. The van der Waals surface area contributed by atoms with Gasteiger partial charge in [0.25, 0.3) is 0 Å². The molecule has 2 N–H and O–H groups in total. The van der Waals surface area contributed by atoms with E-state index in [1.165, 1.54) is 4.90 Å². The minimum absolute atomic E-state index is 0.0874. The Balaban J connectivity index is 2.48. The van der Waals surface area contributed by atoms with Gasteiger partial charge in [-0.15, -0.1) is 6.58 Å². The lowest BCUT2D eigenvalue weighted by atomic mass is 10.3. The summed E-state index contributed by atoms with van der Waals surface area (Å²) in [5.41, 5.74) is 0. The van der Waals surface area contributed by atoms with Crippen molar-refractivity contribution >= 4 is 17.9 Å². The molecule has 3 amide bonds. The molecule has 0 aromatic carbocycles. The van der Waals surface area contributed by atoms with Crippen LogP contribution in [0.15, 0.2) is 17.6 Å². The predicted octanol–water partition coefficient (Wildman–Crippen LogP) is 0.402. The third-order valence-electron chi connectivity index (χ3n) is 3.12. The molecule has 0 radical (unpaired) electrons. The van der Waals surface area contributed by atoms with Crippen LogP contribution in [0.3, 0.4) is 0 Å². The number of nitrogens with one attached hydrogen (secondary N) is 2. The SMILES string of the molecule is C=CCCCN(C)C(=NCCN1C(=O)CNC1=O)NCC. The predicted molar refractivity (Wildman–Crippen MR) is 83.2 cm³/mol. The molecule has 0 bridgehead atoms. The molecular weight excluding hydrogens is 270 g/mol. The van der Waals surface area contributed by atoms with E-state index in [1.54, 1.807) is 0 Å². The van der Waals surface area contributed by atoms with Gasteiger partial charge in [-0.25, -0.2) is 4.79 Å². The Hall–Kier alpha value is -2.05. The van der Waals surface area contributed by atoms with Crippen LogP contribution in [-0.4, -0.2) is 67.5 Å². The lowest BCUT2D eigenvalue weighted by Gasteiger charge is -2.22. The Morgan fingerprint density at radius 3 is 2.90 bits per heavy atom. The van der Waals surface area contributed by atoms with Gasteiger partial charge in [-0.3, -0.25) is 14.7 Å². The molecule has 1 rings (SSSR count). The van der Waals surface area contributed by atoms with E-state index in [9.17, 15) is 9.59 Å². The van der Waals surface area contributed by atoms with Crippen molar-refractivity contribution in [1.29, 1.82) is 0 Å². The summed E-state index contributed by atoms with van der Waals surface area (Å²) in [5.74, 6) is 0.591. The van der Waals surface area contributed by atoms with Gasteiger partial charge in [0.05, 0.1) is 19.6 Å². The number of aliphatic imine (C=N–C) groups is 1. The summed E-state index contributed by atoms with van der Waals surface area (Å²) < 4.78 is 0. The summed E-state index contributed by atoms with van der Waals surface area (Å²) >= 11 is 0. The van der Waals surface area contributed by atoms with Gasteiger partial charge in [-0.05, 0) is 19.8 Å². The maximum atomic E-state index is 11.5. The smallest absolute Gasteiger partial charge is 0.324 e. The number of guanidine groups is 1. The van der Waals surface area contributed by atoms with Crippen LogP contribution in [-0.2, 0) is 4.79 Å². The first kappa shape index (κ1) is 17.0. The molecule has 1 fully saturated rings. The van der Waals surface area contributed by atoms with E-state index >= 15 is 0 Å². The van der Waals surface area contributed by atoms with Crippen LogP contribution in [0.5, 0.6) is 0 Å². The fourth-order valence-electron chi connectivity index (χ4n) is 1.99. The molecule has 0 aliphatic carbocycles. The maximum Gasteiger partial charge on any atom is 0.324 e. The number of carbonyl (C=O) groups is 2. The number of unbranched alkanes of at least 4 members (excludes halogenated alkanes) is 1. The number of allylic oxidation sites excluding steroid dienone is 1. The zero-order valence-electron chi connectivity index (χ0n) is 12.9. The van der Waals surface area contributed by atoms with Crippen molar-refractivity contribution in [3.63, 3.8) is 0 Å². The number of urea groups is 1. The third kappa shape index (κ3) is 5.45. The van der Waals surface area contributed by atoms with E-state index in [4.69, 9.17) is 0 Å². The molecule has 0 aromatic heterocycles. The second kappa shape index (κ2) is 8.99. The van der Waals surface area contributed by atoms with E-state index in [0.29, 0.717) is 13.1 Å². The van der Waals surface area contributed by atoms with Gasteiger partial charge in [0.1, 0.15) is 0 Å². The van der Waals surface area contributed by atoms with Gasteiger partial charge in [0.2, 0.25) is 5.91 Å². The van der Waals surface area contributed by atoms with Crippen molar-refractivity contribution in [3.8, 4) is 0 Å². The average molecular weight is 295 g/mol. The quantitative estimate of drug-likeness (QED) is 0.223. The summed E-state index contributed by atoms with van der Waals surface area (Å²) in [5, 5.41) is 5.70. The number of hydrogen-bond acceptors (Lipinski definition) is 3. The third-order valence-corrected chi connectivity index (χ3v) is 3.12. The Bertz CT molecular complexity index is 392. The zero-order chi connectivity index (χ0) is 15.7. The van der Waals surface area contributed by atoms with Gasteiger partial charge in [-0.2, -0.15) is 0 Å². The van der Waals surface area contributed by atoms with E-state index in [-0.39, 0.29) is 18.5 Å². The molecule has 7 heteroatoms. The maximum absolute atomic E-state index is 11.5. The van der Waals surface area contributed by atoms with Crippen molar-refractivity contribution in [2.24, 2.45) is 4.99 Å². The number of amides is 3. The molecule has 1 saturated heterocycles. The Kier molecular flexibility index (Phi) is 7.28. The van der Waals surface area contributed by atoms with Crippen molar-refractivity contribution in [3.05, 3.63) is 12.7 Å². The first-order valence-corrected chi connectivity index (χ1v) is 7.28. The first-order chi connectivity index (χ1) is 10.1. The highest BCUT2D eigenvalue weighted by Gasteiger charge is 2.27. The summed E-state index contributed by atoms with van der Waals surface area (Å²) in [6.07, 6.45) is 3.87. The Labute approximate surface area is 126 Å². The summed E-state index contributed by atoms with van der Waals surface area (Å²) in [4.78, 5) is 30.6. The van der Waals surface area contributed by atoms with Crippen molar-refractivity contribution in [1.82, 2.24) is 20.4 Å². The molecular formula is C14H25N5O2. The average Bonchev–Trinajstić information content (AvgIpc) is 2.78. The summed E-state index contributed by atoms with van der Waals surface area (Å²) in [6, 6.07) is -0.334. The topological polar surface area (TPSA) is 77.0 Å². The van der Waals surface area contributed by atoms with Crippen LogP contribution in [0.2, 0.25) is 0 Å². The molecule has 1 heterocycles. The monoisotopic (exact) mass is 295 g/mol. The van der Waals surface area contributed by atoms with Crippen LogP contribution in [0.1, 0.15) is 19.8 Å². The summed E-state index contributed by atoms with van der Waals surface area (Å²) in [7, 11) is 1.97. The normalized spacial score (nSPS) is 15.1. The molecule has 118 valence electrons. The highest BCUT2D eigenvalue weighted by Crippen LogP contribution is 1.99. The summed E-state index contributed by atoms with van der Waals surface area (Å²) in [6.45, 7) is 8.15. The zero-order valence-corrected chi connectivity index (χ0v) is 12.9. The highest BCUT2D eigenvalue weighted by molar-refractivity contribution is 6.01. The number of rotatable bonds is 8. The molecule has 7 nitrogen and oxygen atoms in total. The minimum atomic E-state index is -0.334. The van der Waals surface area contributed by atoms with Crippen LogP contribution >= 0.6 is 0 Å². The van der Waals surface area contributed by atoms with Gasteiger partial charge in [0.15, 0.2) is 5.96 Å². The highest BCUT2D eigenvalue weighted by atomic mass is 16.2. The van der Waals surface area contributed by atoms with E-state index in [2.05, 4.69) is 22.2 Å². The van der Waals surface area contributed by atoms with Crippen molar-refractivity contribution in [2.45, 2.75) is 19.8 Å². The molecule has 0 saturated carbocycles. The van der Waals surface area contributed by atoms with Crippen molar-refractivity contribution < 1.29 is 9.59 Å². The molecule has 1 aliphatic heterocycles. The number of nitrogens with zero attached hydrogens (tertiary/aromatic N) is 3. The van der Waals surface area contributed by atoms with Crippen molar-refractivity contribution in [2.75, 3.05) is 39.8 Å². The lowest BCUT2D eigenvalue weighted by molar-refractivity contribution is -0.124. The van der Waals surface area contributed by atoms with Gasteiger partial charge >= 0.3 is 6.03 Å². The van der Waals surface area contributed by atoms with Gasteiger partial charge in [-0.1, -0.05) is 6.08 Å².